The average molecular weight is 353 g/mol. The third-order valence-corrected chi connectivity index (χ3v) is 4.79. The minimum absolute atomic E-state index is 0.0411. The molecule has 0 spiro atoms. The van der Waals surface area contributed by atoms with Gasteiger partial charge in [0.15, 0.2) is 16.4 Å². The van der Waals surface area contributed by atoms with Crippen molar-refractivity contribution in [2.24, 2.45) is 0 Å². The van der Waals surface area contributed by atoms with E-state index in [1.54, 1.807) is 0 Å². The molecule has 0 radical (unpaired) electrons. The third kappa shape index (κ3) is 5.97. The second-order valence-electron chi connectivity index (χ2n) is 4.98. The first kappa shape index (κ1) is 17.4. The summed E-state index contributed by atoms with van der Waals surface area (Å²) in [7, 11) is -3.09. The fourth-order valence-electron chi connectivity index (χ4n) is 2.06. The molecule has 0 saturated carbocycles. The number of ether oxygens (including phenoxy) is 2. The monoisotopic (exact) mass is 353 g/mol. The van der Waals surface area contributed by atoms with Gasteiger partial charge in [0.25, 0.3) is 5.91 Å². The third-order valence-electron chi connectivity index (χ3n) is 3.02. The van der Waals surface area contributed by atoms with E-state index in [1.807, 2.05) is 0 Å². The Bertz CT molecular complexity index is 657. The van der Waals surface area contributed by atoms with Crippen LogP contribution in [0.4, 0.5) is 13.2 Å². The van der Waals surface area contributed by atoms with Crippen LogP contribution in [0.2, 0.25) is 0 Å². The maximum Gasteiger partial charge on any atom is 0.573 e. The summed E-state index contributed by atoms with van der Waals surface area (Å²) in [5.74, 6) is -0.760. The normalized spacial score (nSPS) is 20.0. The number of rotatable bonds is 5. The molecule has 0 aliphatic carbocycles. The van der Waals surface area contributed by atoms with Crippen LogP contribution in [0, 0.1) is 0 Å². The predicted molar refractivity (Wildman–Crippen MR) is 73.8 cm³/mol. The molecular formula is C13H14F3NO5S. The molecule has 2 rings (SSSR count). The average Bonchev–Trinajstić information content (AvgIpc) is 2.75. The summed E-state index contributed by atoms with van der Waals surface area (Å²) < 4.78 is 67.3. The lowest BCUT2D eigenvalue weighted by Crippen LogP contribution is -2.38. The summed E-state index contributed by atoms with van der Waals surface area (Å²) in [6, 6.07) is 4.15. The van der Waals surface area contributed by atoms with Gasteiger partial charge in [-0.3, -0.25) is 4.79 Å². The summed E-state index contributed by atoms with van der Waals surface area (Å²) in [6.07, 6.45) is -4.42. The molecule has 1 N–H and O–H groups in total. The van der Waals surface area contributed by atoms with Crippen LogP contribution in [-0.4, -0.2) is 44.8 Å². The topological polar surface area (TPSA) is 81.7 Å². The lowest BCUT2D eigenvalue weighted by Gasteiger charge is -2.12. The van der Waals surface area contributed by atoms with E-state index in [0.29, 0.717) is 6.42 Å². The van der Waals surface area contributed by atoms with Crippen LogP contribution in [0.15, 0.2) is 24.3 Å². The molecule has 0 unspecified atom stereocenters. The van der Waals surface area contributed by atoms with Gasteiger partial charge in [-0.05, 0) is 30.7 Å². The fourth-order valence-corrected chi connectivity index (χ4v) is 3.74. The molecule has 1 saturated heterocycles. The second kappa shape index (κ2) is 6.65. The minimum atomic E-state index is -4.77. The number of carbonyl (C=O) groups excluding carboxylic acids is 1. The van der Waals surface area contributed by atoms with Crippen molar-refractivity contribution < 1.29 is 35.9 Å². The maximum absolute atomic E-state index is 12.0. The minimum Gasteiger partial charge on any atom is -0.484 e. The van der Waals surface area contributed by atoms with E-state index in [2.05, 4.69) is 10.1 Å². The highest BCUT2D eigenvalue weighted by atomic mass is 32.2. The standard InChI is InChI=1S/C13H14F3NO5S/c14-13(15,16)22-11-3-1-10(2-4-11)21-7-12(18)17-9-5-6-23(19,20)8-9/h1-4,9H,5-8H2,(H,17,18)/t9-/m0/s1. The zero-order chi connectivity index (χ0) is 17.1. The van der Waals surface area contributed by atoms with Crippen molar-refractivity contribution in [3.8, 4) is 11.5 Å². The van der Waals surface area contributed by atoms with Crippen LogP contribution in [0.25, 0.3) is 0 Å². The molecule has 23 heavy (non-hydrogen) atoms. The molecule has 0 aromatic heterocycles. The van der Waals surface area contributed by atoms with Gasteiger partial charge in [0.1, 0.15) is 11.5 Å². The molecular weight excluding hydrogens is 339 g/mol. The Morgan fingerprint density at radius 1 is 1.22 bits per heavy atom. The molecule has 128 valence electrons. The van der Waals surface area contributed by atoms with Crippen molar-refractivity contribution in [1.29, 1.82) is 0 Å². The van der Waals surface area contributed by atoms with Crippen molar-refractivity contribution in [3.05, 3.63) is 24.3 Å². The molecule has 6 nitrogen and oxygen atoms in total. The Labute approximate surface area is 130 Å². The number of sulfone groups is 1. The van der Waals surface area contributed by atoms with E-state index >= 15 is 0 Å². The number of carbonyl (C=O) groups is 1. The molecule has 0 bridgehead atoms. The summed E-state index contributed by atoms with van der Waals surface area (Å²) in [6.45, 7) is -0.365. The van der Waals surface area contributed by atoms with Crippen LogP contribution in [0.5, 0.6) is 11.5 Å². The Morgan fingerprint density at radius 2 is 1.83 bits per heavy atom. The van der Waals surface area contributed by atoms with Gasteiger partial charge >= 0.3 is 6.36 Å². The smallest absolute Gasteiger partial charge is 0.484 e. The molecule has 1 aliphatic heterocycles. The molecule has 1 aliphatic rings. The Kier molecular flexibility index (Phi) is 5.03. The van der Waals surface area contributed by atoms with Gasteiger partial charge in [-0.1, -0.05) is 0 Å². The Morgan fingerprint density at radius 3 is 2.35 bits per heavy atom. The number of nitrogens with one attached hydrogen (secondary N) is 1. The van der Waals surface area contributed by atoms with Gasteiger partial charge in [0.05, 0.1) is 11.5 Å². The quantitative estimate of drug-likeness (QED) is 0.862. The van der Waals surface area contributed by atoms with Gasteiger partial charge in [-0.15, -0.1) is 13.2 Å². The van der Waals surface area contributed by atoms with Gasteiger partial charge in [0, 0.05) is 6.04 Å². The van der Waals surface area contributed by atoms with Crippen molar-refractivity contribution in [1.82, 2.24) is 5.32 Å². The highest BCUT2D eigenvalue weighted by Crippen LogP contribution is 2.24. The summed E-state index contributed by atoms with van der Waals surface area (Å²) in [5, 5.41) is 2.53. The molecule has 1 aromatic rings. The number of benzene rings is 1. The van der Waals surface area contributed by atoms with Crippen molar-refractivity contribution in [3.63, 3.8) is 0 Å². The van der Waals surface area contributed by atoms with Crippen LogP contribution >= 0.6 is 0 Å². The maximum atomic E-state index is 12.0. The Hall–Kier alpha value is -1.97. The van der Waals surface area contributed by atoms with Gasteiger partial charge in [0.2, 0.25) is 0 Å². The molecule has 1 fully saturated rings. The predicted octanol–water partition coefficient (Wildman–Crippen LogP) is 1.27. The number of amides is 1. The molecule has 1 atom stereocenters. The van der Waals surface area contributed by atoms with Crippen LogP contribution in [0.3, 0.4) is 0 Å². The Balaban J connectivity index is 1.78. The SMILES string of the molecule is O=C(COc1ccc(OC(F)(F)F)cc1)N[C@H]1CCS(=O)(=O)C1. The molecule has 1 aromatic carbocycles. The lowest BCUT2D eigenvalue weighted by atomic mass is 10.2. The number of hydrogen-bond acceptors (Lipinski definition) is 5. The van der Waals surface area contributed by atoms with Crippen LogP contribution in [-0.2, 0) is 14.6 Å². The first-order valence-electron chi connectivity index (χ1n) is 6.61. The van der Waals surface area contributed by atoms with Crippen molar-refractivity contribution in [2.75, 3.05) is 18.1 Å². The van der Waals surface area contributed by atoms with Crippen molar-refractivity contribution >= 4 is 15.7 Å². The highest BCUT2D eigenvalue weighted by molar-refractivity contribution is 7.91. The zero-order valence-electron chi connectivity index (χ0n) is 11.8. The molecule has 1 amide bonds. The number of halogens is 3. The van der Waals surface area contributed by atoms with E-state index in [4.69, 9.17) is 4.74 Å². The largest absolute Gasteiger partial charge is 0.573 e. The molecule has 1 heterocycles. The van der Waals surface area contributed by atoms with E-state index < -0.39 is 33.9 Å². The van der Waals surface area contributed by atoms with Crippen LogP contribution in [0.1, 0.15) is 6.42 Å². The van der Waals surface area contributed by atoms with E-state index in [0.717, 1.165) is 12.1 Å². The van der Waals surface area contributed by atoms with E-state index in [-0.39, 0.29) is 23.9 Å². The number of alkyl halides is 3. The summed E-state index contributed by atoms with van der Waals surface area (Å²) in [4.78, 5) is 11.6. The summed E-state index contributed by atoms with van der Waals surface area (Å²) in [5.41, 5.74) is 0. The zero-order valence-corrected chi connectivity index (χ0v) is 12.6. The highest BCUT2D eigenvalue weighted by Gasteiger charge is 2.31. The first-order chi connectivity index (χ1) is 10.6. The second-order valence-corrected chi connectivity index (χ2v) is 7.20. The van der Waals surface area contributed by atoms with Gasteiger partial charge in [-0.2, -0.15) is 0 Å². The van der Waals surface area contributed by atoms with E-state index in [9.17, 15) is 26.4 Å². The van der Waals surface area contributed by atoms with E-state index in [1.165, 1.54) is 12.1 Å². The van der Waals surface area contributed by atoms with Crippen molar-refractivity contribution in [2.45, 2.75) is 18.8 Å². The number of hydrogen-bond donors (Lipinski definition) is 1. The summed E-state index contributed by atoms with van der Waals surface area (Å²) >= 11 is 0. The lowest BCUT2D eigenvalue weighted by molar-refractivity contribution is -0.274. The molecule has 10 heteroatoms. The fraction of sp³-hybridized carbons (Fsp3) is 0.462. The first-order valence-corrected chi connectivity index (χ1v) is 8.43. The van der Waals surface area contributed by atoms with Gasteiger partial charge in [-0.25, -0.2) is 8.42 Å². The van der Waals surface area contributed by atoms with Crippen LogP contribution < -0.4 is 14.8 Å². The van der Waals surface area contributed by atoms with Gasteiger partial charge < -0.3 is 14.8 Å².